The van der Waals surface area contributed by atoms with Crippen molar-refractivity contribution in [2.75, 3.05) is 13.6 Å². The number of carbonyl (C=O) groups excluding carboxylic acids is 1. The molecule has 0 heterocycles. The van der Waals surface area contributed by atoms with E-state index in [-0.39, 0.29) is 23.4 Å². The molecule has 1 atom stereocenters. The molecule has 118 valence electrons. The summed E-state index contributed by atoms with van der Waals surface area (Å²) < 4.78 is 27.1. The summed E-state index contributed by atoms with van der Waals surface area (Å²) in [5, 5.41) is 2.48. The second-order valence-electron chi connectivity index (χ2n) is 5.29. The van der Waals surface area contributed by atoms with Gasteiger partial charge in [0.1, 0.15) is 0 Å². The van der Waals surface area contributed by atoms with Gasteiger partial charge in [-0.3, -0.25) is 4.79 Å². The zero-order valence-electron chi connectivity index (χ0n) is 12.6. The van der Waals surface area contributed by atoms with Crippen molar-refractivity contribution in [1.82, 2.24) is 10.0 Å². The van der Waals surface area contributed by atoms with Crippen LogP contribution >= 0.6 is 0 Å². The molecule has 21 heavy (non-hydrogen) atoms. The first-order valence-electron chi connectivity index (χ1n) is 6.84. The van der Waals surface area contributed by atoms with Crippen molar-refractivity contribution in [3.05, 3.63) is 29.8 Å². The maximum atomic E-state index is 12.3. The summed E-state index contributed by atoms with van der Waals surface area (Å²) in [6.45, 7) is 4.26. The molecule has 1 rings (SSSR count). The summed E-state index contributed by atoms with van der Waals surface area (Å²) in [4.78, 5) is 11.5. The first-order valence-corrected chi connectivity index (χ1v) is 8.33. The first kappa shape index (κ1) is 17.6. The fourth-order valence-electron chi connectivity index (χ4n) is 1.98. The van der Waals surface area contributed by atoms with Gasteiger partial charge >= 0.3 is 0 Å². The van der Waals surface area contributed by atoms with Crippen molar-refractivity contribution in [1.29, 1.82) is 0 Å². The van der Waals surface area contributed by atoms with Crippen LogP contribution in [-0.2, 0) is 10.0 Å². The first-order chi connectivity index (χ1) is 9.80. The Labute approximate surface area is 126 Å². The van der Waals surface area contributed by atoms with E-state index in [1.165, 1.54) is 31.3 Å². The minimum atomic E-state index is -3.63. The number of sulfonamides is 1. The largest absolute Gasteiger partial charge is 0.355 e. The zero-order chi connectivity index (χ0) is 16.0. The van der Waals surface area contributed by atoms with Gasteiger partial charge in [-0.25, -0.2) is 13.1 Å². The van der Waals surface area contributed by atoms with Crippen molar-refractivity contribution in [3.8, 4) is 0 Å². The van der Waals surface area contributed by atoms with Crippen LogP contribution in [0, 0.1) is 5.92 Å². The maximum Gasteiger partial charge on any atom is 0.251 e. The summed E-state index contributed by atoms with van der Waals surface area (Å²) in [6.07, 6.45) is 0.673. The van der Waals surface area contributed by atoms with E-state index in [9.17, 15) is 13.2 Å². The molecule has 1 aromatic rings. The van der Waals surface area contributed by atoms with Gasteiger partial charge in [-0.1, -0.05) is 13.8 Å². The SMILES string of the molecule is CNC(=O)c1ccc(S(=O)(=O)NC(CN)CC(C)C)cc1. The molecule has 0 aliphatic carbocycles. The minimum Gasteiger partial charge on any atom is -0.355 e. The molecule has 0 bridgehead atoms. The topological polar surface area (TPSA) is 101 Å². The van der Waals surface area contributed by atoms with Crippen LogP contribution in [0.2, 0.25) is 0 Å². The van der Waals surface area contributed by atoms with Crippen LogP contribution < -0.4 is 15.8 Å². The molecule has 0 radical (unpaired) electrons. The third-order valence-electron chi connectivity index (χ3n) is 3.02. The number of benzene rings is 1. The number of hydrogen-bond donors (Lipinski definition) is 3. The average Bonchev–Trinajstić information content (AvgIpc) is 2.45. The molecular formula is C14H23N3O3S. The summed E-state index contributed by atoms with van der Waals surface area (Å²) in [6, 6.07) is 5.49. The average molecular weight is 313 g/mol. The van der Waals surface area contributed by atoms with Crippen LogP contribution in [0.25, 0.3) is 0 Å². The van der Waals surface area contributed by atoms with Gasteiger partial charge in [-0.05, 0) is 36.6 Å². The third kappa shape index (κ3) is 5.11. The fraction of sp³-hybridized carbons (Fsp3) is 0.500. The maximum absolute atomic E-state index is 12.3. The van der Waals surface area contributed by atoms with Crippen molar-refractivity contribution < 1.29 is 13.2 Å². The molecule has 0 saturated heterocycles. The van der Waals surface area contributed by atoms with E-state index >= 15 is 0 Å². The number of nitrogens with two attached hydrogens (primary N) is 1. The summed E-state index contributed by atoms with van der Waals surface area (Å²) in [5.74, 6) is 0.0865. The van der Waals surface area contributed by atoms with E-state index in [0.717, 1.165) is 0 Å². The number of hydrogen-bond acceptors (Lipinski definition) is 4. The van der Waals surface area contributed by atoms with Gasteiger partial charge in [0, 0.05) is 25.2 Å². The quantitative estimate of drug-likeness (QED) is 0.689. The van der Waals surface area contributed by atoms with Gasteiger partial charge in [0.15, 0.2) is 0 Å². The number of rotatable bonds is 7. The van der Waals surface area contributed by atoms with Gasteiger partial charge in [0.25, 0.3) is 5.91 Å². The van der Waals surface area contributed by atoms with Crippen molar-refractivity contribution >= 4 is 15.9 Å². The standard InChI is InChI=1S/C14H23N3O3S/c1-10(2)8-12(9-15)17-21(19,20)13-6-4-11(5-7-13)14(18)16-3/h4-7,10,12,17H,8-9,15H2,1-3H3,(H,16,18). The predicted octanol–water partition coefficient (Wildman–Crippen LogP) is 0.698. The molecular weight excluding hydrogens is 290 g/mol. The van der Waals surface area contributed by atoms with Crippen molar-refractivity contribution in [2.45, 2.75) is 31.2 Å². The van der Waals surface area contributed by atoms with Crippen molar-refractivity contribution in [2.24, 2.45) is 11.7 Å². The summed E-state index contributed by atoms with van der Waals surface area (Å²) in [7, 11) is -2.11. The molecule has 1 aromatic carbocycles. The van der Waals surface area contributed by atoms with Crippen LogP contribution in [-0.4, -0.2) is 34.0 Å². The lowest BCUT2D eigenvalue weighted by Gasteiger charge is -2.18. The van der Waals surface area contributed by atoms with Gasteiger partial charge in [-0.2, -0.15) is 0 Å². The highest BCUT2D eigenvalue weighted by Crippen LogP contribution is 2.13. The number of amides is 1. The minimum absolute atomic E-state index is 0.123. The highest BCUT2D eigenvalue weighted by atomic mass is 32.2. The molecule has 0 saturated carbocycles. The lowest BCUT2D eigenvalue weighted by atomic mass is 10.1. The van der Waals surface area contributed by atoms with Crippen LogP contribution in [0.1, 0.15) is 30.6 Å². The van der Waals surface area contributed by atoms with Crippen LogP contribution in [0.5, 0.6) is 0 Å². The molecule has 7 heteroatoms. The van der Waals surface area contributed by atoms with E-state index in [2.05, 4.69) is 10.0 Å². The Balaban J connectivity index is 2.89. The number of nitrogens with one attached hydrogen (secondary N) is 2. The van der Waals surface area contributed by atoms with Gasteiger partial charge < -0.3 is 11.1 Å². The number of carbonyl (C=O) groups is 1. The van der Waals surface area contributed by atoms with E-state index in [1.54, 1.807) is 0 Å². The zero-order valence-corrected chi connectivity index (χ0v) is 13.4. The molecule has 0 aliphatic heterocycles. The van der Waals surface area contributed by atoms with Gasteiger partial charge in [-0.15, -0.1) is 0 Å². The molecule has 1 unspecified atom stereocenters. The van der Waals surface area contributed by atoms with E-state index in [4.69, 9.17) is 5.73 Å². The van der Waals surface area contributed by atoms with Crippen LogP contribution in [0.15, 0.2) is 29.2 Å². The molecule has 0 spiro atoms. The molecule has 0 fully saturated rings. The lowest BCUT2D eigenvalue weighted by Crippen LogP contribution is -2.40. The lowest BCUT2D eigenvalue weighted by molar-refractivity contribution is 0.0963. The smallest absolute Gasteiger partial charge is 0.251 e. The van der Waals surface area contributed by atoms with Gasteiger partial charge in [0.05, 0.1) is 4.90 Å². The Bertz CT molecular complexity index is 568. The second kappa shape index (κ2) is 7.53. The van der Waals surface area contributed by atoms with E-state index in [1.807, 2.05) is 13.8 Å². The Morgan fingerprint density at radius 2 is 1.81 bits per heavy atom. The summed E-state index contributed by atoms with van der Waals surface area (Å²) >= 11 is 0. The molecule has 6 nitrogen and oxygen atoms in total. The monoisotopic (exact) mass is 313 g/mol. The Morgan fingerprint density at radius 1 is 1.24 bits per heavy atom. The fourth-order valence-corrected chi connectivity index (χ4v) is 3.24. The Kier molecular flexibility index (Phi) is 6.32. The Morgan fingerprint density at radius 3 is 2.24 bits per heavy atom. The molecule has 0 aromatic heterocycles. The second-order valence-corrected chi connectivity index (χ2v) is 7.00. The van der Waals surface area contributed by atoms with Crippen molar-refractivity contribution in [3.63, 3.8) is 0 Å². The van der Waals surface area contributed by atoms with Crippen LogP contribution in [0.4, 0.5) is 0 Å². The summed E-state index contributed by atoms with van der Waals surface area (Å²) in [5.41, 5.74) is 6.02. The van der Waals surface area contributed by atoms with Crippen LogP contribution in [0.3, 0.4) is 0 Å². The van der Waals surface area contributed by atoms with E-state index in [0.29, 0.717) is 17.9 Å². The molecule has 1 amide bonds. The molecule has 4 N–H and O–H groups in total. The normalized spacial score (nSPS) is 13.2. The highest BCUT2D eigenvalue weighted by molar-refractivity contribution is 7.89. The third-order valence-corrected chi connectivity index (χ3v) is 4.55. The Hall–Kier alpha value is -1.44. The highest BCUT2D eigenvalue weighted by Gasteiger charge is 2.20. The predicted molar refractivity (Wildman–Crippen MR) is 82.5 cm³/mol. The van der Waals surface area contributed by atoms with Gasteiger partial charge in [0.2, 0.25) is 10.0 Å². The van der Waals surface area contributed by atoms with E-state index < -0.39 is 10.0 Å². The molecule has 0 aliphatic rings.